The summed E-state index contributed by atoms with van der Waals surface area (Å²) < 4.78 is 30.0. The Kier molecular flexibility index (Phi) is 9.70. The van der Waals surface area contributed by atoms with Crippen LogP contribution in [-0.2, 0) is 24.2 Å². The van der Waals surface area contributed by atoms with Crippen molar-refractivity contribution in [3.8, 4) is 0 Å². The molecule has 0 aliphatic heterocycles. The quantitative estimate of drug-likeness (QED) is 0.191. The minimum absolute atomic E-state index is 0.0485. The van der Waals surface area contributed by atoms with Crippen molar-refractivity contribution in [2.24, 2.45) is 5.16 Å². The highest BCUT2D eigenvalue weighted by atomic mass is 32.2. The number of hydrogen-bond donors (Lipinski definition) is 2. The maximum absolute atomic E-state index is 13.1. The fourth-order valence-electron chi connectivity index (χ4n) is 3.06. The molecule has 0 saturated heterocycles. The SMILES string of the molecule is COCCCS(=O)(=O)c1ccc(C(=NOCCCO)C(=O)Nc2nc3ccc(N(C)C)nc3s2)cc1. The number of rotatable bonds is 13. The lowest BCUT2D eigenvalue weighted by Gasteiger charge is -2.09. The van der Waals surface area contributed by atoms with Crippen molar-refractivity contribution in [2.45, 2.75) is 17.7 Å². The zero-order chi connectivity index (χ0) is 26.1. The highest BCUT2D eigenvalue weighted by Gasteiger charge is 2.20. The average Bonchev–Trinajstić information content (AvgIpc) is 3.25. The summed E-state index contributed by atoms with van der Waals surface area (Å²) in [6.45, 7) is 0.370. The van der Waals surface area contributed by atoms with E-state index < -0.39 is 15.7 Å². The molecule has 194 valence electrons. The lowest BCUT2D eigenvalue weighted by molar-refractivity contribution is -0.110. The first-order valence-electron chi connectivity index (χ1n) is 11.1. The molecule has 0 aliphatic rings. The average molecular weight is 536 g/mol. The van der Waals surface area contributed by atoms with E-state index in [4.69, 9.17) is 14.7 Å². The molecule has 0 aliphatic carbocycles. The number of pyridine rings is 1. The van der Waals surface area contributed by atoms with Crippen molar-refractivity contribution >= 4 is 54.1 Å². The number of oxime groups is 1. The number of methoxy groups -OCH3 is 1. The first-order chi connectivity index (χ1) is 17.2. The molecule has 36 heavy (non-hydrogen) atoms. The van der Waals surface area contributed by atoms with Gasteiger partial charge in [-0.3, -0.25) is 10.1 Å². The van der Waals surface area contributed by atoms with E-state index in [0.717, 1.165) is 5.82 Å². The number of ether oxygens (including phenoxy) is 1. The summed E-state index contributed by atoms with van der Waals surface area (Å²) in [5.41, 5.74) is 0.945. The van der Waals surface area contributed by atoms with Crippen molar-refractivity contribution in [1.82, 2.24) is 9.97 Å². The van der Waals surface area contributed by atoms with Gasteiger partial charge in [-0.15, -0.1) is 0 Å². The van der Waals surface area contributed by atoms with Gasteiger partial charge in [0.15, 0.2) is 20.7 Å². The molecule has 0 saturated carbocycles. The van der Waals surface area contributed by atoms with Gasteiger partial charge >= 0.3 is 0 Å². The summed E-state index contributed by atoms with van der Waals surface area (Å²) in [4.78, 5) is 29.9. The fraction of sp³-hybridized carbons (Fsp3) is 0.391. The predicted molar refractivity (Wildman–Crippen MR) is 140 cm³/mol. The zero-order valence-corrected chi connectivity index (χ0v) is 21.9. The smallest absolute Gasteiger partial charge is 0.280 e. The number of aliphatic hydroxyl groups is 1. The van der Waals surface area contributed by atoms with Gasteiger partial charge in [0.1, 0.15) is 22.8 Å². The van der Waals surface area contributed by atoms with Crippen molar-refractivity contribution < 1.29 is 27.9 Å². The Morgan fingerprint density at radius 3 is 2.53 bits per heavy atom. The van der Waals surface area contributed by atoms with Crippen LogP contribution in [-0.4, -0.2) is 81.9 Å². The highest BCUT2D eigenvalue weighted by molar-refractivity contribution is 7.91. The molecule has 2 N–H and O–H groups in total. The van der Waals surface area contributed by atoms with Crippen LogP contribution in [0.1, 0.15) is 18.4 Å². The Hall–Kier alpha value is -3.13. The molecule has 1 aromatic carbocycles. The Balaban J connectivity index is 1.83. The van der Waals surface area contributed by atoms with Crippen LogP contribution in [0.3, 0.4) is 0 Å². The molecule has 0 unspecified atom stereocenters. The topological polar surface area (TPSA) is 143 Å². The van der Waals surface area contributed by atoms with Crippen LogP contribution in [0.15, 0.2) is 46.4 Å². The second-order valence-corrected chi connectivity index (χ2v) is 11.0. The summed E-state index contributed by atoms with van der Waals surface area (Å²) in [5, 5.41) is 16.0. The number of aliphatic hydroxyl groups excluding tert-OH is 1. The second kappa shape index (κ2) is 12.7. The van der Waals surface area contributed by atoms with Gasteiger partial charge in [0.05, 0.1) is 10.6 Å². The molecule has 0 fully saturated rings. The largest absolute Gasteiger partial charge is 0.396 e. The van der Waals surface area contributed by atoms with Gasteiger partial charge < -0.3 is 19.6 Å². The van der Waals surface area contributed by atoms with E-state index in [0.29, 0.717) is 40.5 Å². The third-order valence-corrected chi connectivity index (χ3v) is 7.63. The summed E-state index contributed by atoms with van der Waals surface area (Å²) in [6.07, 6.45) is 0.719. The number of carbonyl (C=O) groups is 1. The van der Waals surface area contributed by atoms with Crippen molar-refractivity contribution in [2.75, 3.05) is 57.0 Å². The summed E-state index contributed by atoms with van der Waals surface area (Å²) in [6, 6.07) is 9.51. The predicted octanol–water partition coefficient (Wildman–Crippen LogP) is 2.31. The molecule has 0 spiro atoms. The number of thiazole rings is 1. The monoisotopic (exact) mass is 535 g/mol. The lowest BCUT2D eigenvalue weighted by atomic mass is 10.1. The molecule has 0 radical (unpaired) electrons. The van der Waals surface area contributed by atoms with Gasteiger partial charge in [-0.1, -0.05) is 28.6 Å². The molecule has 2 heterocycles. The zero-order valence-electron chi connectivity index (χ0n) is 20.3. The van der Waals surface area contributed by atoms with Crippen molar-refractivity contribution in [3.05, 3.63) is 42.0 Å². The van der Waals surface area contributed by atoms with Gasteiger partial charge in [-0.2, -0.15) is 0 Å². The van der Waals surface area contributed by atoms with Gasteiger partial charge in [-0.25, -0.2) is 18.4 Å². The van der Waals surface area contributed by atoms with E-state index >= 15 is 0 Å². The number of benzene rings is 1. The van der Waals surface area contributed by atoms with Crippen LogP contribution in [0.2, 0.25) is 0 Å². The Morgan fingerprint density at radius 2 is 1.86 bits per heavy atom. The third kappa shape index (κ3) is 7.20. The number of amides is 1. The lowest BCUT2D eigenvalue weighted by Crippen LogP contribution is -2.24. The van der Waals surface area contributed by atoms with Crippen LogP contribution >= 0.6 is 11.3 Å². The third-order valence-electron chi connectivity index (χ3n) is 4.93. The first-order valence-corrected chi connectivity index (χ1v) is 13.6. The molecule has 3 aromatic rings. The van der Waals surface area contributed by atoms with Crippen molar-refractivity contribution in [1.29, 1.82) is 0 Å². The maximum Gasteiger partial charge on any atom is 0.280 e. The number of sulfone groups is 1. The van der Waals surface area contributed by atoms with Crippen LogP contribution in [0, 0.1) is 0 Å². The molecule has 13 heteroatoms. The van der Waals surface area contributed by atoms with Crippen LogP contribution < -0.4 is 10.2 Å². The number of hydrogen-bond acceptors (Lipinski definition) is 11. The van der Waals surface area contributed by atoms with Gasteiger partial charge in [-0.05, 0) is 30.7 Å². The fourth-order valence-corrected chi connectivity index (χ4v) is 5.17. The molecular weight excluding hydrogens is 506 g/mol. The standard InChI is InChI=1S/C23H29N5O6S2/c1-28(2)19-11-10-18-22(25-19)35-23(24-18)26-21(30)20(27-34-14-4-12-29)16-6-8-17(9-7-16)36(31,32)15-5-13-33-3/h6-11,29H,4-5,12-15H2,1-3H3,(H,24,26,30). The van der Waals surface area contributed by atoms with Gasteiger partial charge in [0.2, 0.25) is 0 Å². The molecule has 0 atom stereocenters. The molecule has 0 bridgehead atoms. The van der Waals surface area contributed by atoms with E-state index in [1.54, 1.807) is 0 Å². The maximum atomic E-state index is 13.1. The highest BCUT2D eigenvalue weighted by Crippen LogP contribution is 2.26. The summed E-state index contributed by atoms with van der Waals surface area (Å²) >= 11 is 1.22. The Labute approximate surface area is 213 Å². The molecule has 1 amide bonds. The summed E-state index contributed by atoms with van der Waals surface area (Å²) in [5.74, 6) is 0.134. The molecule has 2 aromatic heterocycles. The Bertz CT molecular complexity index is 1310. The van der Waals surface area contributed by atoms with Crippen molar-refractivity contribution in [3.63, 3.8) is 0 Å². The summed E-state index contributed by atoms with van der Waals surface area (Å²) in [7, 11) is 1.79. The molecular formula is C23H29N5O6S2. The number of carbonyl (C=O) groups excluding carboxylic acids is 1. The molecule has 3 rings (SSSR count). The van der Waals surface area contributed by atoms with Gasteiger partial charge in [0, 0.05) is 46.4 Å². The van der Waals surface area contributed by atoms with E-state index in [2.05, 4.69) is 20.4 Å². The van der Waals surface area contributed by atoms with Crippen LogP contribution in [0.25, 0.3) is 10.3 Å². The number of aromatic nitrogens is 2. The minimum atomic E-state index is -3.49. The Morgan fingerprint density at radius 1 is 1.11 bits per heavy atom. The minimum Gasteiger partial charge on any atom is -0.396 e. The number of anilines is 2. The van der Waals surface area contributed by atoms with E-state index in [1.807, 2.05) is 31.1 Å². The van der Waals surface area contributed by atoms with E-state index in [9.17, 15) is 13.2 Å². The van der Waals surface area contributed by atoms with Crippen LogP contribution in [0.5, 0.6) is 0 Å². The van der Waals surface area contributed by atoms with Gasteiger partial charge in [0.25, 0.3) is 5.91 Å². The van der Waals surface area contributed by atoms with Crippen LogP contribution in [0.4, 0.5) is 10.9 Å². The number of nitrogens with one attached hydrogen (secondary N) is 1. The van der Waals surface area contributed by atoms with E-state index in [1.165, 1.54) is 42.7 Å². The normalized spacial score (nSPS) is 12.1. The number of nitrogens with zero attached hydrogens (tertiary/aromatic N) is 4. The number of fused-ring (bicyclic) bond motifs is 1. The molecule has 11 nitrogen and oxygen atoms in total. The van der Waals surface area contributed by atoms with E-state index in [-0.39, 0.29) is 29.6 Å². The first kappa shape index (κ1) is 27.5. The second-order valence-electron chi connectivity index (χ2n) is 7.90.